The summed E-state index contributed by atoms with van der Waals surface area (Å²) in [6.45, 7) is 5.01. The summed E-state index contributed by atoms with van der Waals surface area (Å²) in [6, 6.07) is 0. The van der Waals surface area contributed by atoms with Crippen molar-refractivity contribution in [2.75, 3.05) is 31.1 Å². The summed E-state index contributed by atoms with van der Waals surface area (Å²) in [5, 5.41) is 16.0. The topological polar surface area (TPSA) is 105 Å². The Hall–Kier alpha value is -1.69. The zero-order valence-electron chi connectivity index (χ0n) is 15.9. The molecule has 2 aliphatic rings. The molecule has 0 bridgehead atoms. The van der Waals surface area contributed by atoms with Crippen LogP contribution in [0.4, 0.5) is 10.6 Å². The maximum absolute atomic E-state index is 10.8. The SMILES string of the molecule is CC1(CNC(=O)O)CCN(c2cnc3c(I)nn(C4CCCCO4)c3n2)CC1. The van der Waals surface area contributed by atoms with Gasteiger partial charge >= 0.3 is 6.09 Å². The van der Waals surface area contributed by atoms with Gasteiger partial charge in [0.15, 0.2) is 15.6 Å². The van der Waals surface area contributed by atoms with E-state index in [9.17, 15) is 4.79 Å². The Morgan fingerprint density at radius 3 is 2.89 bits per heavy atom. The predicted octanol–water partition coefficient (Wildman–Crippen LogP) is 3.00. The zero-order valence-corrected chi connectivity index (χ0v) is 18.1. The van der Waals surface area contributed by atoms with Crippen LogP contribution in [0.3, 0.4) is 0 Å². The summed E-state index contributed by atoms with van der Waals surface area (Å²) in [5.74, 6) is 0.842. The molecule has 9 nitrogen and oxygen atoms in total. The third kappa shape index (κ3) is 4.02. The van der Waals surface area contributed by atoms with Crippen molar-refractivity contribution < 1.29 is 14.6 Å². The first-order valence-corrected chi connectivity index (χ1v) is 10.8. The lowest BCUT2D eigenvalue weighted by Gasteiger charge is -2.39. The van der Waals surface area contributed by atoms with Crippen molar-refractivity contribution in [3.8, 4) is 0 Å². The second kappa shape index (κ2) is 7.97. The molecule has 0 saturated carbocycles. The van der Waals surface area contributed by atoms with Crippen LogP contribution in [0.2, 0.25) is 0 Å². The smallest absolute Gasteiger partial charge is 0.404 e. The Morgan fingerprint density at radius 2 is 2.21 bits per heavy atom. The molecule has 1 amide bonds. The van der Waals surface area contributed by atoms with Gasteiger partial charge in [-0.3, -0.25) is 0 Å². The summed E-state index contributed by atoms with van der Waals surface area (Å²) < 4.78 is 8.63. The van der Waals surface area contributed by atoms with Gasteiger partial charge in [-0.2, -0.15) is 5.10 Å². The largest absolute Gasteiger partial charge is 0.465 e. The van der Waals surface area contributed by atoms with E-state index in [1.54, 1.807) is 0 Å². The molecule has 2 fully saturated rings. The van der Waals surface area contributed by atoms with Gasteiger partial charge in [0.25, 0.3) is 0 Å². The molecule has 152 valence electrons. The zero-order chi connectivity index (χ0) is 19.7. The van der Waals surface area contributed by atoms with Crippen LogP contribution in [-0.4, -0.2) is 57.2 Å². The van der Waals surface area contributed by atoms with E-state index in [2.05, 4.69) is 49.8 Å². The number of ether oxygens (including phenoxy) is 1. The molecule has 1 unspecified atom stereocenters. The van der Waals surface area contributed by atoms with Gasteiger partial charge in [0.05, 0.1) is 6.20 Å². The van der Waals surface area contributed by atoms with Crippen LogP contribution in [0.1, 0.15) is 45.3 Å². The molecule has 2 N–H and O–H groups in total. The summed E-state index contributed by atoms with van der Waals surface area (Å²) in [4.78, 5) is 22.5. The Bertz CT molecular complexity index is 858. The van der Waals surface area contributed by atoms with Crippen molar-refractivity contribution in [2.24, 2.45) is 5.41 Å². The van der Waals surface area contributed by atoms with Gasteiger partial charge in [0.1, 0.15) is 11.3 Å². The predicted molar refractivity (Wildman–Crippen MR) is 112 cm³/mol. The third-order valence-electron chi connectivity index (χ3n) is 5.74. The number of hydrogen-bond acceptors (Lipinski definition) is 6. The number of nitrogens with zero attached hydrogens (tertiary/aromatic N) is 5. The van der Waals surface area contributed by atoms with Gasteiger partial charge in [-0.1, -0.05) is 6.92 Å². The minimum Gasteiger partial charge on any atom is -0.465 e. The molecule has 0 spiro atoms. The number of piperidine rings is 1. The first-order valence-electron chi connectivity index (χ1n) is 9.69. The highest BCUT2D eigenvalue weighted by Gasteiger charge is 2.31. The molecule has 0 aromatic carbocycles. The molecule has 2 aromatic heterocycles. The van der Waals surface area contributed by atoms with Crippen molar-refractivity contribution in [2.45, 2.75) is 45.3 Å². The van der Waals surface area contributed by atoms with Crippen molar-refractivity contribution in [3.63, 3.8) is 0 Å². The van der Waals surface area contributed by atoms with Crippen molar-refractivity contribution in [1.82, 2.24) is 25.1 Å². The van der Waals surface area contributed by atoms with Gasteiger partial charge in [-0.25, -0.2) is 19.4 Å². The van der Waals surface area contributed by atoms with Gasteiger partial charge in [0.2, 0.25) is 0 Å². The Kier molecular flexibility index (Phi) is 5.59. The van der Waals surface area contributed by atoms with E-state index in [1.165, 1.54) is 0 Å². The van der Waals surface area contributed by atoms with E-state index in [-0.39, 0.29) is 11.6 Å². The number of fused-ring (bicyclic) bond motifs is 1. The van der Waals surface area contributed by atoms with Crippen molar-refractivity contribution >= 4 is 45.7 Å². The average Bonchev–Trinajstić information content (AvgIpc) is 3.04. The molecule has 2 saturated heterocycles. The number of amides is 1. The van der Waals surface area contributed by atoms with Crippen LogP contribution < -0.4 is 10.2 Å². The summed E-state index contributed by atoms with van der Waals surface area (Å²) in [6.07, 6.45) is 5.74. The number of rotatable bonds is 4. The van der Waals surface area contributed by atoms with E-state index in [0.29, 0.717) is 6.54 Å². The van der Waals surface area contributed by atoms with Crippen LogP contribution in [0.5, 0.6) is 0 Å². The normalized spacial score (nSPS) is 22.4. The third-order valence-corrected chi connectivity index (χ3v) is 6.47. The van der Waals surface area contributed by atoms with Gasteiger partial charge < -0.3 is 20.1 Å². The number of hydrogen-bond donors (Lipinski definition) is 2. The molecule has 0 radical (unpaired) electrons. The second-order valence-electron chi connectivity index (χ2n) is 7.91. The van der Waals surface area contributed by atoms with Crippen LogP contribution in [-0.2, 0) is 4.74 Å². The highest BCUT2D eigenvalue weighted by Crippen LogP contribution is 2.33. The van der Waals surface area contributed by atoms with Crippen LogP contribution >= 0.6 is 22.6 Å². The molecule has 2 aromatic rings. The van der Waals surface area contributed by atoms with Crippen LogP contribution in [0.15, 0.2) is 6.20 Å². The fraction of sp³-hybridized carbons (Fsp3) is 0.667. The summed E-state index contributed by atoms with van der Waals surface area (Å²) in [5.41, 5.74) is 1.56. The molecule has 28 heavy (non-hydrogen) atoms. The summed E-state index contributed by atoms with van der Waals surface area (Å²) >= 11 is 2.20. The molecular formula is C18H25IN6O3. The van der Waals surface area contributed by atoms with Crippen LogP contribution in [0.25, 0.3) is 11.2 Å². The lowest BCUT2D eigenvalue weighted by molar-refractivity contribution is -0.0372. The standard InChI is InChI=1S/C18H25IN6O3/c1-18(11-21-17(26)27)5-7-24(8-6-18)12-10-20-14-15(19)23-25(16(14)22-12)13-4-2-3-9-28-13/h10,13,21H,2-9,11H2,1H3,(H,26,27). The number of carboxylic acid groups (broad SMARTS) is 1. The molecule has 4 rings (SSSR count). The fourth-order valence-corrected chi connectivity index (χ4v) is 4.49. The Labute approximate surface area is 177 Å². The van der Waals surface area contributed by atoms with E-state index >= 15 is 0 Å². The Morgan fingerprint density at radius 1 is 1.43 bits per heavy atom. The number of halogens is 1. The average molecular weight is 500 g/mol. The first kappa shape index (κ1) is 19.6. The number of aromatic nitrogens is 4. The maximum Gasteiger partial charge on any atom is 0.404 e. The van der Waals surface area contributed by atoms with Crippen molar-refractivity contribution in [1.29, 1.82) is 0 Å². The Balaban J connectivity index is 1.53. The quantitative estimate of drug-likeness (QED) is 0.622. The number of carbonyl (C=O) groups is 1. The lowest BCUT2D eigenvalue weighted by Crippen LogP contribution is -2.44. The minimum atomic E-state index is -0.965. The first-order chi connectivity index (χ1) is 13.5. The maximum atomic E-state index is 10.8. The highest BCUT2D eigenvalue weighted by molar-refractivity contribution is 14.1. The van der Waals surface area contributed by atoms with E-state index < -0.39 is 6.09 Å². The van der Waals surface area contributed by atoms with E-state index in [0.717, 1.165) is 72.5 Å². The van der Waals surface area contributed by atoms with Gasteiger partial charge in [-0.05, 0) is 60.1 Å². The van der Waals surface area contributed by atoms with Gasteiger partial charge in [-0.15, -0.1) is 0 Å². The van der Waals surface area contributed by atoms with Crippen molar-refractivity contribution in [3.05, 3.63) is 9.90 Å². The molecule has 4 heterocycles. The van der Waals surface area contributed by atoms with Crippen LogP contribution in [0, 0.1) is 9.12 Å². The fourth-order valence-electron chi connectivity index (χ4n) is 3.88. The molecule has 2 aliphatic heterocycles. The van der Waals surface area contributed by atoms with Gasteiger partial charge in [0, 0.05) is 26.2 Å². The highest BCUT2D eigenvalue weighted by atomic mass is 127. The lowest BCUT2D eigenvalue weighted by atomic mass is 9.80. The molecule has 0 aliphatic carbocycles. The molecule has 1 atom stereocenters. The second-order valence-corrected chi connectivity index (χ2v) is 8.94. The molecule has 10 heteroatoms. The minimum absolute atomic E-state index is 0.0283. The van der Waals surface area contributed by atoms with E-state index in [1.807, 2.05) is 10.9 Å². The summed E-state index contributed by atoms with van der Waals surface area (Å²) in [7, 11) is 0. The molecular weight excluding hydrogens is 475 g/mol. The number of nitrogens with one attached hydrogen (secondary N) is 1. The van der Waals surface area contributed by atoms with E-state index in [4.69, 9.17) is 14.8 Å². The monoisotopic (exact) mass is 500 g/mol. The number of anilines is 1.